The van der Waals surface area contributed by atoms with Crippen molar-refractivity contribution in [3.63, 3.8) is 0 Å². The second-order valence-electron chi connectivity index (χ2n) is 8.78. The minimum atomic E-state index is -0.432. The number of esters is 1. The van der Waals surface area contributed by atoms with Crippen molar-refractivity contribution in [2.45, 2.75) is 31.6 Å². The Hall–Kier alpha value is -3.95. The summed E-state index contributed by atoms with van der Waals surface area (Å²) in [6.07, 6.45) is 5.35. The fourth-order valence-electron chi connectivity index (χ4n) is 4.64. The second-order valence-corrected chi connectivity index (χ2v) is 8.78. The number of aromatic nitrogens is 3. The number of amides is 2. The zero-order chi connectivity index (χ0) is 24.2. The summed E-state index contributed by atoms with van der Waals surface area (Å²) in [5, 5.41) is 7.10. The van der Waals surface area contributed by atoms with Gasteiger partial charge in [0.25, 0.3) is 0 Å². The molecule has 0 radical (unpaired) electrons. The zero-order valence-corrected chi connectivity index (χ0v) is 19.6. The van der Waals surface area contributed by atoms with Gasteiger partial charge in [-0.25, -0.2) is 9.59 Å². The topological polar surface area (TPSA) is 114 Å². The molecule has 0 bridgehead atoms. The molecule has 0 spiro atoms. The Kier molecular flexibility index (Phi) is 6.60. The lowest BCUT2D eigenvalue weighted by molar-refractivity contribution is 0.0600. The highest BCUT2D eigenvalue weighted by molar-refractivity contribution is 5.97. The molecule has 2 fully saturated rings. The number of anilines is 2. The predicted molar refractivity (Wildman–Crippen MR) is 129 cm³/mol. The molecule has 10 heteroatoms. The Morgan fingerprint density at radius 2 is 1.89 bits per heavy atom. The molecule has 182 valence electrons. The van der Waals surface area contributed by atoms with E-state index in [1.165, 1.54) is 7.11 Å². The second kappa shape index (κ2) is 10.1. The zero-order valence-electron chi connectivity index (χ0n) is 19.6. The van der Waals surface area contributed by atoms with Crippen molar-refractivity contribution in [1.82, 2.24) is 20.0 Å². The number of rotatable bonds is 5. The average molecular weight is 477 g/mol. The minimum Gasteiger partial charge on any atom is -0.465 e. The van der Waals surface area contributed by atoms with Gasteiger partial charge in [-0.1, -0.05) is 11.2 Å². The van der Waals surface area contributed by atoms with E-state index in [2.05, 4.69) is 25.3 Å². The fraction of sp³-hybridized carbons (Fsp3) is 0.400. The lowest BCUT2D eigenvalue weighted by atomic mass is 9.97. The highest BCUT2D eigenvalue weighted by atomic mass is 16.5. The molecular weight excluding hydrogens is 448 g/mol. The summed E-state index contributed by atoms with van der Waals surface area (Å²) in [6, 6.07) is 10.7. The maximum absolute atomic E-state index is 13.1. The number of pyridine rings is 1. The van der Waals surface area contributed by atoms with Gasteiger partial charge in [-0.05, 0) is 56.0 Å². The van der Waals surface area contributed by atoms with Crippen molar-refractivity contribution >= 4 is 23.4 Å². The van der Waals surface area contributed by atoms with Crippen molar-refractivity contribution in [1.29, 1.82) is 0 Å². The maximum atomic E-state index is 13.1. The van der Waals surface area contributed by atoms with Crippen LogP contribution in [0.3, 0.4) is 0 Å². The molecule has 3 aromatic rings. The molecule has 2 aliphatic heterocycles. The molecule has 0 aliphatic carbocycles. The Bertz CT molecular complexity index is 1180. The largest absolute Gasteiger partial charge is 0.465 e. The Labute approximate surface area is 203 Å². The van der Waals surface area contributed by atoms with E-state index in [0.29, 0.717) is 41.7 Å². The highest BCUT2D eigenvalue weighted by Gasteiger charge is 2.29. The molecule has 10 nitrogen and oxygen atoms in total. The van der Waals surface area contributed by atoms with Crippen LogP contribution >= 0.6 is 0 Å². The van der Waals surface area contributed by atoms with Crippen molar-refractivity contribution in [3.8, 4) is 11.5 Å². The number of hydrogen-bond acceptors (Lipinski definition) is 8. The van der Waals surface area contributed by atoms with Gasteiger partial charge in [0.2, 0.25) is 11.7 Å². The van der Waals surface area contributed by atoms with Crippen LogP contribution in [0.1, 0.15) is 47.8 Å². The number of benzene rings is 1. The number of hydrogen-bond donors (Lipinski definition) is 1. The molecule has 35 heavy (non-hydrogen) atoms. The van der Waals surface area contributed by atoms with Gasteiger partial charge < -0.3 is 24.4 Å². The lowest BCUT2D eigenvalue weighted by Crippen LogP contribution is -2.41. The Morgan fingerprint density at radius 3 is 2.60 bits per heavy atom. The predicted octanol–water partition coefficient (Wildman–Crippen LogP) is 3.93. The number of nitrogens with one attached hydrogen (secondary N) is 1. The molecular formula is C25H28N6O4. The van der Waals surface area contributed by atoms with Crippen molar-refractivity contribution in [3.05, 3.63) is 54.0 Å². The SMILES string of the molecule is COC(=O)c1ccc(N2CCCC2)c(NC(=O)N2CCC(c3nc(-c4ccccn4)no3)CC2)c1. The van der Waals surface area contributed by atoms with Crippen molar-refractivity contribution in [2.75, 3.05) is 43.5 Å². The number of methoxy groups -OCH3 is 1. The Morgan fingerprint density at radius 1 is 1.09 bits per heavy atom. The van der Waals surface area contributed by atoms with E-state index in [1.54, 1.807) is 23.2 Å². The third kappa shape index (κ3) is 4.96. The summed E-state index contributed by atoms with van der Waals surface area (Å²) in [5.74, 6) is 0.708. The van der Waals surface area contributed by atoms with Gasteiger partial charge in [-0.3, -0.25) is 4.98 Å². The number of carbonyl (C=O) groups excluding carboxylic acids is 2. The number of carbonyl (C=O) groups is 2. The van der Waals surface area contributed by atoms with Crippen LogP contribution in [0.25, 0.3) is 11.5 Å². The van der Waals surface area contributed by atoms with Crippen molar-refractivity contribution in [2.24, 2.45) is 0 Å². The van der Waals surface area contributed by atoms with Crippen LogP contribution in [-0.4, -0.2) is 65.3 Å². The third-order valence-corrected chi connectivity index (χ3v) is 6.57. The van der Waals surface area contributed by atoms with Crippen LogP contribution in [0.2, 0.25) is 0 Å². The average Bonchev–Trinajstić information content (AvgIpc) is 3.62. The van der Waals surface area contributed by atoms with Crippen LogP contribution in [0, 0.1) is 0 Å². The lowest BCUT2D eigenvalue weighted by Gasteiger charge is -2.31. The van der Waals surface area contributed by atoms with E-state index in [4.69, 9.17) is 9.26 Å². The van der Waals surface area contributed by atoms with Crippen LogP contribution in [0.5, 0.6) is 0 Å². The molecule has 0 unspecified atom stereocenters. The first-order valence-corrected chi connectivity index (χ1v) is 11.9. The molecule has 2 saturated heterocycles. The first kappa shape index (κ1) is 22.8. The standard InChI is InChI=1S/C25H28N6O4/c1-34-24(32)18-7-8-21(30-12-4-5-13-30)20(16-18)27-25(33)31-14-9-17(10-15-31)23-28-22(29-35-23)19-6-2-3-11-26-19/h2-3,6-8,11,16-17H,4-5,9-10,12-15H2,1H3,(H,27,33). The molecule has 0 atom stereocenters. The van der Waals surface area contributed by atoms with Gasteiger partial charge >= 0.3 is 12.0 Å². The number of piperidine rings is 1. The van der Waals surface area contributed by atoms with Gasteiger partial charge in [0.1, 0.15) is 5.69 Å². The van der Waals surface area contributed by atoms with E-state index >= 15 is 0 Å². The summed E-state index contributed by atoms with van der Waals surface area (Å²) < 4.78 is 10.4. The fourth-order valence-corrected chi connectivity index (χ4v) is 4.64. The molecule has 2 amide bonds. The van der Waals surface area contributed by atoms with Gasteiger partial charge in [-0.15, -0.1) is 0 Å². The normalized spacial score (nSPS) is 16.4. The molecule has 5 rings (SSSR count). The van der Waals surface area contributed by atoms with Crippen LogP contribution in [0.15, 0.2) is 47.1 Å². The van der Waals surface area contributed by atoms with Crippen LogP contribution in [0.4, 0.5) is 16.2 Å². The van der Waals surface area contributed by atoms with E-state index in [9.17, 15) is 9.59 Å². The minimum absolute atomic E-state index is 0.0897. The first-order chi connectivity index (χ1) is 17.1. The number of likely N-dealkylation sites (tertiary alicyclic amines) is 1. The summed E-state index contributed by atoms with van der Waals surface area (Å²) in [5.41, 5.74) is 2.62. The summed E-state index contributed by atoms with van der Waals surface area (Å²) in [6.45, 7) is 2.98. The van der Waals surface area contributed by atoms with Gasteiger partial charge in [0.15, 0.2) is 0 Å². The van der Waals surface area contributed by atoms with Gasteiger partial charge in [0, 0.05) is 38.3 Å². The maximum Gasteiger partial charge on any atom is 0.337 e. The summed E-state index contributed by atoms with van der Waals surface area (Å²) in [7, 11) is 1.35. The molecule has 4 heterocycles. The van der Waals surface area contributed by atoms with Gasteiger partial charge in [-0.2, -0.15) is 4.98 Å². The quantitative estimate of drug-likeness (QED) is 0.551. The number of nitrogens with zero attached hydrogens (tertiary/aromatic N) is 5. The molecule has 1 aromatic carbocycles. The van der Waals surface area contributed by atoms with E-state index in [-0.39, 0.29) is 11.9 Å². The van der Waals surface area contributed by atoms with Gasteiger partial charge in [0.05, 0.1) is 24.0 Å². The molecule has 2 aliphatic rings. The smallest absolute Gasteiger partial charge is 0.337 e. The Balaban J connectivity index is 1.24. The van der Waals surface area contributed by atoms with Crippen LogP contribution < -0.4 is 10.2 Å². The summed E-state index contributed by atoms with van der Waals surface area (Å²) >= 11 is 0. The van der Waals surface area contributed by atoms with E-state index < -0.39 is 5.97 Å². The summed E-state index contributed by atoms with van der Waals surface area (Å²) in [4.78, 5) is 38.0. The van der Waals surface area contributed by atoms with Crippen LogP contribution in [-0.2, 0) is 4.74 Å². The number of ether oxygens (including phenoxy) is 1. The van der Waals surface area contributed by atoms with E-state index in [0.717, 1.165) is 44.5 Å². The highest BCUT2D eigenvalue weighted by Crippen LogP contribution is 2.32. The third-order valence-electron chi connectivity index (χ3n) is 6.57. The monoisotopic (exact) mass is 476 g/mol. The molecule has 0 saturated carbocycles. The van der Waals surface area contributed by atoms with E-state index in [1.807, 2.05) is 24.3 Å². The first-order valence-electron chi connectivity index (χ1n) is 11.9. The van der Waals surface area contributed by atoms with Crippen molar-refractivity contribution < 1.29 is 18.8 Å². The molecule has 1 N–H and O–H groups in total. The number of urea groups is 1. The molecule has 2 aromatic heterocycles.